The standard InChI is InChI=1S/2C16H36N.C4BN3O2/c2*1-5-9-13-17(14-10-6-2,15-11-7-3)16-12-8-4;6-1-4(2-7,3-8)5(9)10/h2*5-16H2,1-4H3;/q2*+1;-2. The van der Waals surface area contributed by atoms with Gasteiger partial charge in [0.15, 0.2) is 5.31 Å². The van der Waals surface area contributed by atoms with Crippen LogP contribution in [0.15, 0.2) is 0 Å². The number of rotatable bonds is 25. The van der Waals surface area contributed by atoms with Gasteiger partial charge in [-0.2, -0.15) is 15.8 Å². The van der Waals surface area contributed by atoms with Crippen LogP contribution in [0.2, 0.25) is 5.31 Å². The Balaban J connectivity index is -0.000000594. The molecule has 0 aliphatic heterocycles. The molecule has 0 amide bonds. The van der Waals surface area contributed by atoms with E-state index in [1.165, 1.54) is 164 Å². The fourth-order valence-electron chi connectivity index (χ4n) is 5.52. The number of hydrogen-bond acceptors (Lipinski definition) is 5. The molecule has 0 radical (unpaired) electrons. The Morgan fingerprint density at radius 2 is 0.568 bits per heavy atom. The maximum atomic E-state index is 10.0. The van der Waals surface area contributed by atoms with Gasteiger partial charge in [0.05, 0.1) is 70.6 Å². The van der Waals surface area contributed by atoms with E-state index in [1.807, 2.05) is 0 Å². The molecular formula is C36H72BN5O2. The summed E-state index contributed by atoms with van der Waals surface area (Å²) in [7, 11) is -2.74. The Hall–Kier alpha value is -1.63. The Bertz CT molecular complexity index is 610. The minimum Gasteiger partial charge on any atom is -0.890 e. The summed E-state index contributed by atoms with van der Waals surface area (Å²) >= 11 is 0. The molecule has 0 aromatic rings. The first-order valence-corrected chi connectivity index (χ1v) is 18.4. The molecule has 0 heterocycles. The van der Waals surface area contributed by atoms with Gasteiger partial charge in [0.2, 0.25) is 0 Å². The second kappa shape index (κ2) is 31.4. The first kappa shape index (κ1) is 46.8. The Morgan fingerprint density at radius 1 is 0.409 bits per heavy atom. The zero-order chi connectivity index (χ0) is 34.2. The zero-order valence-corrected chi connectivity index (χ0v) is 30.6. The van der Waals surface area contributed by atoms with Crippen LogP contribution in [0.25, 0.3) is 0 Å². The van der Waals surface area contributed by atoms with E-state index in [-0.39, 0.29) is 0 Å². The molecule has 0 bridgehead atoms. The van der Waals surface area contributed by atoms with Crippen LogP contribution in [0.5, 0.6) is 0 Å². The molecule has 0 aliphatic carbocycles. The van der Waals surface area contributed by atoms with Crippen molar-refractivity contribution in [2.45, 2.75) is 163 Å². The van der Waals surface area contributed by atoms with Gasteiger partial charge in [0.25, 0.3) is 0 Å². The van der Waals surface area contributed by atoms with Gasteiger partial charge < -0.3 is 19.0 Å². The summed E-state index contributed by atoms with van der Waals surface area (Å²) in [4.78, 5) is 0. The normalized spacial score (nSPS) is 11.2. The largest absolute Gasteiger partial charge is 0.890 e. The molecule has 0 unspecified atom stereocenters. The lowest BCUT2D eigenvalue weighted by Gasteiger charge is -2.39. The molecule has 0 atom stereocenters. The maximum Gasteiger partial charge on any atom is 0.158 e. The highest BCUT2D eigenvalue weighted by Crippen LogP contribution is 2.20. The molecule has 256 valence electrons. The smallest absolute Gasteiger partial charge is 0.158 e. The molecular weight excluding hydrogens is 545 g/mol. The second-order valence-corrected chi connectivity index (χ2v) is 12.8. The molecule has 0 fully saturated rings. The summed E-state index contributed by atoms with van der Waals surface area (Å²) in [6.07, 6.45) is 22.1. The highest BCUT2D eigenvalue weighted by Gasteiger charge is 2.26. The maximum absolute atomic E-state index is 10.0. The Labute approximate surface area is 275 Å². The van der Waals surface area contributed by atoms with E-state index in [0.29, 0.717) is 0 Å². The van der Waals surface area contributed by atoms with Crippen molar-refractivity contribution in [2.75, 3.05) is 52.4 Å². The lowest BCUT2D eigenvalue weighted by atomic mass is 9.61. The molecule has 0 rings (SSSR count). The Morgan fingerprint density at radius 3 is 0.636 bits per heavy atom. The molecule has 7 nitrogen and oxygen atoms in total. The molecule has 0 aromatic heterocycles. The lowest BCUT2D eigenvalue weighted by molar-refractivity contribution is -0.929. The molecule has 8 heteroatoms. The van der Waals surface area contributed by atoms with Crippen LogP contribution in [0.3, 0.4) is 0 Å². The lowest BCUT2D eigenvalue weighted by Crippen LogP contribution is -2.53. The van der Waals surface area contributed by atoms with Crippen molar-refractivity contribution in [3.63, 3.8) is 0 Å². The summed E-state index contributed by atoms with van der Waals surface area (Å²) in [6, 6.07) is 3.20. The first-order chi connectivity index (χ1) is 21.1. The number of hydrogen-bond donors (Lipinski definition) is 0. The topological polar surface area (TPSA) is 117 Å². The number of nitrogens with zero attached hydrogens (tertiary/aromatic N) is 5. The molecule has 0 aromatic carbocycles. The van der Waals surface area contributed by atoms with Gasteiger partial charge in [0.1, 0.15) is 0 Å². The fourth-order valence-corrected chi connectivity index (χ4v) is 5.52. The van der Waals surface area contributed by atoms with Crippen molar-refractivity contribution in [1.82, 2.24) is 0 Å². The fraction of sp³-hybridized carbons (Fsp3) is 0.917. The average molecular weight is 618 g/mol. The number of quaternary nitrogens is 2. The van der Waals surface area contributed by atoms with Crippen molar-refractivity contribution in [2.24, 2.45) is 0 Å². The third-order valence-corrected chi connectivity index (χ3v) is 8.77. The highest BCUT2D eigenvalue weighted by atomic mass is 16.4. The summed E-state index contributed by atoms with van der Waals surface area (Å²) < 4.78 is 2.84. The van der Waals surface area contributed by atoms with E-state index in [0.717, 1.165) is 18.2 Å². The average Bonchev–Trinajstić information content (AvgIpc) is 3.05. The molecule has 0 saturated heterocycles. The van der Waals surface area contributed by atoms with Crippen LogP contribution in [-0.2, 0) is 0 Å². The summed E-state index contributed by atoms with van der Waals surface area (Å²) in [5.74, 6) is 0. The summed E-state index contributed by atoms with van der Waals surface area (Å²) in [6.45, 7) is 30.0. The van der Waals surface area contributed by atoms with Crippen LogP contribution in [0.1, 0.15) is 158 Å². The SMILES string of the molecule is CCCC[N+](CCCC)(CCCC)CCCC.CCCC[N+](CCCC)(CCCC)CCCC.N#CC(C#N)(C#N)B([O-])[O-]. The Kier molecular flexibility index (Phi) is 33.3. The van der Waals surface area contributed by atoms with Crippen molar-refractivity contribution in [1.29, 1.82) is 15.8 Å². The van der Waals surface area contributed by atoms with E-state index in [9.17, 15) is 10.0 Å². The van der Waals surface area contributed by atoms with E-state index < -0.39 is 12.4 Å². The predicted octanol–water partition coefficient (Wildman–Crippen LogP) is 7.51. The molecule has 44 heavy (non-hydrogen) atoms. The zero-order valence-electron chi connectivity index (χ0n) is 30.6. The van der Waals surface area contributed by atoms with Crippen LogP contribution >= 0.6 is 0 Å². The van der Waals surface area contributed by atoms with Gasteiger partial charge in [-0.25, -0.2) is 0 Å². The highest BCUT2D eigenvalue weighted by molar-refractivity contribution is 6.46. The number of nitriles is 3. The van der Waals surface area contributed by atoms with Crippen molar-refractivity contribution in [3.05, 3.63) is 0 Å². The van der Waals surface area contributed by atoms with Crippen LogP contribution in [0, 0.1) is 34.0 Å². The van der Waals surface area contributed by atoms with Crippen LogP contribution in [-0.4, -0.2) is 68.4 Å². The van der Waals surface area contributed by atoms with Gasteiger partial charge in [-0.15, -0.1) is 0 Å². The molecule has 0 N–H and O–H groups in total. The number of unbranched alkanes of at least 4 members (excludes halogenated alkanes) is 8. The van der Waals surface area contributed by atoms with Crippen LogP contribution in [0.4, 0.5) is 0 Å². The summed E-state index contributed by atoms with van der Waals surface area (Å²) in [5.41, 5.74) is 0. The third kappa shape index (κ3) is 22.0. The van der Waals surface area contributed by atoms with E-state index in [4.69, 9.17) is 15.8 Å². The van der Waals surface area contributed by atoms with Crippen molar-refractivity contribution < 1.29 is 19.0 Å². The second-order valence-electron chi connectivity index (χ2n) is 12.8. The minimum atomic E-state index is -2.74. The van der Waals surface area contributed by atoms with Gasteiger partial charge in [-0.05, 0) is 58.5 Å². The molecule has 0 saturated carbocycles. The van der Waals surface area contributed by atoms with Gasteiger partial charge >= 0.3 is 0 Å². The first-order valence-electron chi connectivity index (χ1n) is 18.4. The third-order valence-electron chi connectivity index (χ3n) is 8.77. The summed E-state index contributed by atoms with van der Waals surface area (Å²) in [5, 5.41) is 41.6. The van der Waals surface area contributed by atoms with E-state index in [1.54, 1.807) is 0 Å². The van der Waals surface area contributed by atoms with E-state index in [2.05, 4.69) is 55.4 Å². The van der Waals surface area contributed by atoms with Crippen molar-refractivity contribution in [3.8, 4) is 18.2 Å². The molecule has 0 spiro atoms. The van der Waals surface area contributed by atoms with Crippen LogP contribution < -0.4 is 10.0 Å². The van der Waals surface area contributed by atoms with Gasteiger partial charge in [0, 0.05) is 0 Å². The predicted molar refractivity (Wildman–Crippen MR) is 184 cm³/mol. The van der Waals surface area contributed by atoms with Gasteiger partial charge in [-0.1, -0.05) is 107 Å². The molecule has 0 aliphatic rings. The quantitative estimate of drug-likeness (QED) is 0.0776. The monoisotopic (exact) mass is 618 g/mol. The minimum absolute atomic E-state index is 1.07. The van der Waals surface area contributed by atoms with Crippen molar-refractivity contribution >= 4 is 7.12 Å². The van der Waals surface area contributed by atoms with E-state index >= 15 is 0 Å². The van der Waals surface area contributed by atoms with Gasteiger partial charge in [-0.3, -0.25) is 0 Å².